The van der Waals surface area contributed by atoms with Gasteiger partial charge >= 0.3 is 11.9 Å². The van der Waals surface area contributed by atoms with Crippen molar-refractivity contribution in [3.8, 4) is 0 Å². The summed E-state index contributed by atoms with van der Waals surface area (Å²) in [6.45, 7) is 3.30. The van der Waals surface area contributed by atoms with Crippen LogP contribution in [0.4, 0.5) is 5.69 Å². The lowest BCUT2D eigenvalue weighted by atomic mass is 10.2. The SMILES string of the molecule is CCOC(=O)CCS(=O)(=O)Nc1c[nH]c(C)c1C(=O)O. The predicted octanol–water partition coefficient (Wildman–Crippen LogP) is 0.716. The van der Waals surface area contributed by atoms with Crippen LogP contribution in [-0.4, -0.2) is 42.8 Å². The molecule has 1 aromatic rings. The standard InChI is InChI=1S/C11H16N2O6S/c1-3-19-9(14)4-5-20(17,18)13-8-6-12-7(2)10(8)11(15)16/h6,12-13H,3-5H2,1-2H3,(H,15,16). The molecule has 0 aliphatic carbocycles. The number of H-pyrrole nitrogens is 1. The van der Waals surface area contributed by atoms with Gasteiger partial charge in [-0.05, 0) is 13.8 Å². The number of carboxylic acids is 1. The highest BCUT2D eigenvalue weighted by Crippen LogP contribution is 2.20. The lowest BCUT2D eigenvalue weighted by molar-refractivity contribution is -0.142. The number of rotatable bonds is 7. The van der Waals surface area contributed by atoms with Gasteiger partial charge in [-0.25, -0.2) is 13.2 Å². The molecule has 0 unspecified atom stereocenters. The number of carbonyl (C=O) groups excluding carboxylic acids is 1. The molecule has 0 aliphatic rings. The first kappa shape index (κ1) is 16.0. The van der Waals surface area contributed by atoms with E-state index < -0.39 is 27.7 Å². The molecule has 0 fully saturated rings. The summed E-state index contributed by atoms with van der Waals surface area (Å²) in [5.74, 6) is -2.34. The number of aryl methyl sites for hydroxylation is 1. The molecule has 0 radical (unpaired) electrons. The third-order valence-corrected chi connectivity index (χ3v) is 3.71. The van der Waals surface area contributed by atoms with Crippen molar-refractivity contribution < 1.29 is 27.9 Å². The maximum atomic E-state index is 11.8. The van der Waals surface area contributed by atoms with Crippen LogP contribution in [0, 0.1) is 6.92 Å². The molecule has 3 N–H and O–H groups in total. The van der Waals surface area contributed by atoms with Crippen molar-refractivity contribution in [3.63, 3.8) is 0 Å². The number of aromatic nitrogens is 1. The molecule has 0 saturated heterocycles. The van der Waals surface area contributed by atoms with Gasteiger partial charge in [-0.1, -0.05) is 0 Å². The molecule has 0 amide bonds. The minimum atomic E-state index is -3.82. The molecule has 1 heterocycles. The Hall–Kier alpha value is -2.03. The van der Waals surface area contributed by atoms with Crippen molar-refractivity contribution in [1.29, 1.82) is 0 Å². The van der Waals surface area contributed by atoms with Crippen molar-refractivity contribution in [3.05, 3.63) is 17.5 Å². The fourth-order valence-electron chi connectivity index (χ4n) is 1.55. The van der Waals surface area contributed by atoms with E-state index in [2.05, 4.69) is 14.4 Å². The van der Waals surface area contributed by atoms with Gasteiger partial charge in [-0.3, -0.25) is 9.52 Å². The van der Waals surface area contributed by atoms with Crippen LogP contribution in [0.5, 0.6) is 0 Å². The summed E-state index contributed by atoms with van der Waals surface area (Å²) < 4.78 is 30.3. The van der Waals surface area contributed by atoms with Crippen molar-refractivity contribution in [2.24, 2.45) is 0 Å². The van der Waals surface area contributed by atoms with E-state index in [0.29, 0.717) is 5.69 Å². The van der Waals surface area contributed by atoms with Crippen molar-refractivity contribution in [2.75, 3.05) is 17.1 Å². The van der Waals surface area contributed by atoms with Crippen LogP contribution in [0.1, 0.15) is 29.4 Å². The maximum absolute atomic E-state index is 11.8. The van der Waals surface area contributed by atoms with Crippen LogP contribution in [0.2, 0.25) is 0 Å². The number of hydrogen-bond donors (Lipinski definition) is 3. The lowest BCUT2D eigenvalue weighted by Gasteiger charge is -2.07. The summed E-state index contributed by atoms with van der Waals surface area (Å²) in [5, 5.41) is 8.99. The number of esters is 1. The second-order valence-corrected chi connectivity index (χ2v) is 5.83. The molecule has 9 heteroatoms. The van der Waals surface area contributed by atoms with Crippen LogP contribution in [-0.2, 0) is 19.6 Å². The third kappa shape index (κ3) is 4.26. The number of nitrogens with one attached hydrogen (secondary N) is 2. The minimum Gasteiger partial charge on any atom is -0.478 e. The van der Waals surface area contributed by atoms with Crippen LogP contribution in [0.3, 0.4) is 0 Å². The Morgan fingerprint density at radius 2 is 2.10 bits per heavy atom. The van der Waals surface area contributed by atoms with Crippen LogP contribution >= 0.6 is 0 Å². The molecule has 0 saturated carbocycles. The Morgan fingerprint density at radius 1 is 1.45 bits per heavy atom. The summed E-state index contributed by atoms with van der Waals surface area (Å²) in [6, 6.07) is 0. The number of carboxylic acid groups (broad SMARTS) is 1. The first-order valence-corrected chi connectivity index (χ1v) is 7.49. The van der Waals surface area contributed by atoms with E-state index in [1.807, 2.05) is 0 Å². The molecule has 0 spiro atoms. The smallest absolute Gasteiger partial charge is 0.339 e. The van der Waals surface area contributed by atoms with Gasteiger partial charge in [0.05, 0.1) is 24.5 Å². The molecule has 112 valence electrons. The van der Waals surface area contributed by atoms with Crippen molar-refractivity contribution in [2.45, 2.75) is 20.3 Å². The van der Waals surface area contributed by atoms with Crippen LogP contribution < -0.4 is 4.72 Å². The van der Waals surface area contributed by atoms with E-state index in [4.69, 9.17) is 5.11 Å². The largest absolute Gasteiger partial charge is 0.478 e. The monoisotopic (exact) mass is 304 g/mol. The number of carbonyl (C=O) groups is 2. The van der Waals surface area contributed by atoms with Gasteiger partial charge in [0.15, 0.2) is 0 Å². The van der Waals surface area contributed by atoms with E-state index in [0.717, 1.165) is 0 Å². The fraction of sp³-hybridized carbons (Fsp3) is 0.455. The average Bonchev–Trinajstić information content (AvgIpc) is 2.68. The van der Waals surface area contributed by atoms with Crippen LogP contribution in [0.25, 0.3) is 0 Å². The summed E-state index contributed by atoms with van der Waals surface area (Å²) in [7, 11) is -3.82. The zero-order chi connectivity index (χ0) is 15.3. The molecular formula is C11H16N2O6S. The van der Waals surface area contributed by atoms with Gasteiger partial charge in [-0.2, -0.15) is 0 Å². The molecule has 0 atom stereocenters. The second-order valence-electron chi connectivity index (χ2n) is 3.98. The van der Waals surface area contributed by atoms with Gasteiger partial charge in [-0.15, -0.1) is 0 Å². The maximum Gasteiger partial charge on any atom is 0.339 e. The van der Waals surface area contributed by atoms with E-state index >= 15 is 0 Å². The van der Waals surface area contributed by atoms with E-state index in [9.17, 15) is 18.0 Å². The van der Waals surface area contributed by atoms with Gasteiger partial charge in [0, 0.05) is 11.9 Å². The molecular weight excluding hydrogens is 288 g/mol. The number of aromatic amines is 1. The van der Waals surface area contributed by atoms with E-state index in [-0.39, 0.29) is 24.3 Å². The van der Waals surface area contributed by atoms with Gasteiger partial charge in [0.1, 0.15) is 5.56 Å². The Bertz CT molecular complexity index is 604. The highest BCUT2D eigenvalue weighted by molar-refractivity contribution is 7.92. The quantitative estimate of drug-likeness (QED) is 0.637. The Labute approximate surface area is 116 Å². The number of sulfonamides is 1. The van der Waals surface area contributed by atoms with Crippen LogP contribution in [0.15, 0.2) is 6.20 Å². The molecule has 0 bridgehead atoms. The van der Waals surface area contributed by atoms with Gasteiger partial charge in [0.2, 0.25) is 10.0 Å². The average molecular weight is 304 g/mol. The first-order chi connectivity index (χ1) is 9.26. The molecule has 1 rings (SSSR count). The normalized spacial score (nSPS) is 11.1. The summed E-state index contributed by atoms with van der Waals surface area (Å²) >= 11 is 0. The van der Waals surface area contributed by atoms with E-state index in [1.165, 1.54) is 13.1 Å². The highest BCUT2D eigenvalue weighted by atomic mass is 32.2. The van der Waals surface area contributed by atoms with E-state index in [1.54, 1.807) is 6.92 Å². The number of hydrogen-bond acceptors (Lipinski definition) is 5. The molecule has 0 aliphatic heterocycles. The fourth-order valence-corrected chi connectivity index (χ4v) is 2.59. The highest BCUT2D eigenvalue weighted by Gasteiger charge is 2.20. The number of anilines is 1. The summed E-state index contributed by atoms with van der Waals surface area (Å²) in [4.78, 5) is 24.7. The molecule has 0 aromatic carbocycles. The summed E-state index contributed by atoms with van der Waals surface area (Å²) in [6.07, 6.45) is 0.954. The van der Waals surface area contributed by atoms with Gasteiger partial charge in [0.25, 0.3) is 0 Å². The Morgan fingerprint density at radius 3 is 2.65 bits per heavy atom. The molecule has 20 heavy (non-hydrogen) atoms. The Balaban J connectivity index is 2.77. The van der Waals surface area contributed by atoms with Gasteiger partial charge < -0.3 is 14.8 Å². The second kappa shape index (κ2) is 6.42. The van der Waals surface area contributed by atoms with Crippen molar-refractivity contribution >= 4 is 27.6 Å². The number of aromatic carboxylic acids is 1. The third-order valence-electron chi connectivity index (χ3n) is 2.44. The zero-order valence-corrected chi connectivity index (χ0v) is 11.9. The predicted molar refractivity (Wildman–Crippen MR) is 71.1 cm³/mol. The molecule has 1 aromatic heterocycles. The number of ether oxygens (including phenoxy) is 1. The zero-order valence-electron chi connectivity index (χ0n) is 11.1. The minimum absolute atomic E-state index is 0.0566. The molecule has 8 nitrogen and oxygen atoms in total. The first-order valence-electron chi connectivity index (χ1n) is 5.84. The Kier molecular flexibility index (Phi) is 5.14. The topological polar surface area (TPSA) is 126 Å². The van der Waals surface area contributed by atoms with Crippen molar-refractivity contribution in [1.82, 2.24) is 4.98 Å². The summed E-state index contributed by atoms with van der Waals surface area (Å²) in [5.41, 5.74) is 0.129. The lowest BCUT2D eigenvalue weighted by Crippen LogP contribution is -2.20.